The third-order valence-electron chi connectivity index (χ3n) is 5.12. The number of H-pyrrole nitrogens is 1. The van der Waals surface area contributed by atoms with Gasteiger partial charge >= 0.3 is 0 Å². The normalized spacial score (nSPS) is 12.9. The van der Waals surface area contributed by atoms with Crippen molar-refractivity contribution in [1.29, 1.82) is 0 Å². The Morgan fingerprint density at radius 3 is 2.61 bits per heavy atom. The summed E-state index contributed by atoms with van der Waals surface area (Å²) >= 11 is 1.39. The smallest absolute Gasteiger partial charge is 0.266 e. The molecule has 0 amide bonds. The number of aromatic nitrogens is 1. The van der Waals surface area contributed by atoms with E-state index in [1.807, 2.05) is 11.4 Å². The molecule has 0 aliphatic carbocycles. The Balaban J connectivity index is 1.94. The highest BCUT2D eigenvalue weighted by molar-refractivity contribution is 7.17. The van der Waals surface area contributed by atoms with Crippen LogP contribution >= 0.6 is 11.3 Å². The topological polar surface area (TPSA) is 82.3 Å². The molecule has 2 heterocycles. The second-order valence-corrected chi connectivity index (χ2v) is 8.43. The third-order valence-corrected chi connectivity index (χ3v) is 6.04. The Morgan fingerprint density at radius 2 is 1.93 bits per heavy atom. The number of thiophene rings is 1. The Hall–Kier alpha value is -2.83. The van der Waals surface area contributed by atoms with Gasteiger partial charge in [0.05, 0.1) is 5.52 Å². The van der Waals surface area contributed by atoms with Gasteiger partial charge in [-0.25, -0.2) is 0 Å². The first kappa shape index (κ1) is 18.5. The molecule has 4 N–H and O–H groups in total. The number of phenolic OH excluding ortho intramolecular Hbond substituents is 1. The van der Waals surface area contributed by atoms with Crippen LogP contribution in [0.2, 0.25) is 0 Å². The molecule has 0 saturated heterocycles. The van der Waals surface area contributed by atoms with E-state index in [0.717, 1.165) is 28.4 Å². The van der Waals surface area contributed by atoms with Crippen molar-refractivity contribution in [3.63, 3.8) is 0 Å². The van der Waals surface area contributed by atoms with Crippen LogP contribution in [0.3, 0.4) is 0 Å². The summed E-state index contributed by atoms with van der Waals surface area (Å²) in [5.41, 5.74) is 10.1. The molecule has 4 aromatic rings. The van der Waals surface area contributed by atoms with Gasteiger partial charge in [-0.15, -0.1) is 11.3 Å². The number of aromatic hydroxyl groups is 1. The molecule has 2 aromatic heterocycles. The van der Waals surface area contributed by atoms with Crippen LogP contribution < -0.4 is 11.3 Å². The van der Waals surface area contributed by atoms with Gasteiger partial charge in [-0.05, 0) is 42.6 Å². The first-order valence-corrected chi connectivity index (χ1v) is 10.0. The summed E-state index contributed by atoms with van der Waals surface area (Å²) in [5.74, 6) is 0.399. The number of nitrogen functional groups attached to an aromatic ring is 1. The van der Waals surface area contributed by atoms with Crippen LogP contribution in [-0.4, -0.2) is 35.6 Å². The fourth-order valence-electron chi connectivity index (χ4n) is 3.88. The molecule has 1 atom stereocenters. The zero-order chi connectivity index (χ0) is 20.0. The minimum absolute atomic E-state index is 0.0160. The first-order chi connectivity index (χ1) is 13.4. The number of nitrogens with zero attached hydrogens (tertiary/aromatic N) is 1. The van der Waals surface area contributed by atoms with Crippen molar-refractivity contribution >= 4 is 38.0 Å². The second-order valence-electron chi connectivity index (χ2n) is 7.51. The van der Waals surface area contributed by atoms with Gasteiger partial charge in [0, 0.05) is 34.6 Å². The van der Waals surface area contributed by atoms with Crippen molar-refractivity contribution in [2.45, 2.75) is 12.8 Å². The molecule has 2 aromatic carbocycles. The number of nitrogens with two attached hydrogens (primary N) is 1. The van der Waals surface area contributed by atoms with E-state index in [0.29, 0.717) is 21.8 Å². The van der Waals surface area contributed by atoms with Crippen LogP contribution in [0.15, 0.2) is 46.6 Å². The Kier molecular flexibility index (Phi) is 4.61. The zero-order valence-electron chi connectivity index (χ0n) is 16.1. The van der Waals surface area contributed by atoms with E-state index in [-0.39, 0.29) is 11.3 Å². The third kappa shape index (κ3) is 3.04. The lowest BCUT2D eigenvalue weighted by Crippen LogP contribution is -2.18. The number of phenols is 1. The van der Waals surface area contributed by atoms with E-state index in [2.05, 4.69) is 55.2 Å². The average Bonchev–Trinajstić information content (AvgIpc) is 3.13. The summed E-state index contributed by atoms with van der Waals surface area (Å²) in [6.45, 7) is 3.18. The van der Waals surface area contributed by atoms with Gasteiger partial charge in [0.1, 0.15) is 10.4 Å². The van der Waals surface area contributed by atoms with Crippen molar-refractivity contribution < 1.29 is 5.11 Å². The SMILES string of the molecule is C[C@H](CN(C)C)c1ccc(-c2c(N)cc(O)c3[nH]c(=O)c4sccc4c23)cc1. The molecule has 0 saturated carbocycles. The molecular weight excluding hydrogens is 370 g/mol. The maximum atomic E-state index is 12.4. The Labute approximate surface area is 167 Å². The van der Waals surface area contributed by atoms with Crippen LogP contribution in [0.25, 0.3) is 32.1 Å². The van der Waals surface area contributed by atoms with Gasteiger partial charge in [-0.2, -0.15) is 0 Å². The van der Waals surface area contributed by atoms with Crippen LogP contribution in [0.1, 0.15) is 18.4 Å². The number of aromatic amines is 1. The van der Waals surface area contributed by atoms with Gasteiger partial charge in [-0.3, -0.25) is 4.79 Å². The van der Waals surface area contributed by atoms with Gasteiger partial charge in [0.25, 0.3) is 5.56 Å². The number of rotatable bonds is 4. The molecule has 0 aliphatic rings. The average molecular weight is 394 g/mol. The number of hydrogen-bond donors (Lipinski definition) is 3. The molecule has 5 nitrogen and oxygen atoms in total. The number of nitrogens with one attached hydrogen (secondary N) is 1. The molecule has 6 heteroatoms. The Morgan fingerprint density at radius 1 is 1.21 bits per heavy atom. The standard InChI is InChI=1S/C22H23N3O2S/c1-12(11-25(2)3)13-4-6-14(7-5-13)18-16(23)10-17(26)20-19(18)15-8-9-28-21(15)22(27)24-20/h4-10,12,26H,11,23H2,1-3H3,(H,24,27)/t12-/m1/s1. The summed E-state index contributed by atoms with van der Waals surface area (Å²) in [7, 11) is 4.14. The zero-order valence-corrected chi connectivity index (χ0v) is 16.9. The van der Waals surface area contributed by atoms with Crippen molar-refractivity contribution in [1.82, 2.24) is 9.88 Å². The fraction of sp³-hybridized carbons (Fsp3) is 0.227. The van der Waals surface area contributed by atoms with Crippen LogP contribution in [0, 0.1) is 0 Å². The maximum Gasteiger partial charge on any atom is 0.266 e. The number of likely N-dealkylation sites (N-methyl/N-ethyl adjacent to an activating group) is 1. The lowest BCUT2D eigenvalue weighted by molar-refractivity contribution is 0.383. The molecule has 0 radical (unpaired) electrons. The molecule has 4 rings (SSSR count). The molecule has 28 heavy (non-hydrogen) atoms. The molecule has 0 fully saturated rings. The van der Waals surface area contributed by atoms with Crippen molar-refractivity contribution in [3.05, 3.63) is 57.7 Å². The number of fused-ring (bicyclic) bond motifs is 3. The monoisotopic (exact) mass is 393 g/mol. The summed E-state index contributed by atoms with van der Waals surface area (Å²) in [4.78, 5) is 17.3. The summed E-state index contributed by atoms with van der Waals surface area (Å²) in [6.07, 6.45) is 0. The van der Waals surface area contributed by atoms with E-state index in [1.165, 1.54) is 23.0 Å². The molecule has 0 spiro atoms. The lowest BCUT2D eigenvalue weighted by atomic mass is 9.93. The molecule has 0 unspecified atom stereocenters. The largest absolute Gasteiger partial charge is 0.506 e. The summed E-state index contributed by atoms with van der Waals surface area (Å²) in [6, 6.07) is 11.8. The van der Waals surface area contributed by atoms with E-state index in [1.54, 1.807) is 0 Å². The first-order valence-electron chi connectivity index (χ1n) is 9.16. The van der Waals surface area contributed by atoms with Crippen molar-refractivity contribution in [3.8, 4) is 16.9 Å². The minimum atomic E-state index is -0.198. The number of benzene rings is 2. The van der Waals surface area contributed by atoms with Crippen LogP contribution in [0.4, 0.5) is 5.69 Å². The van der Waals surface area contributed by atoms with Crippen molar-refractivity contribution in [2.75, 3.05) is 26.4 Å². The number of hydrogen-bond acceptors (Lipinski definition) is 5. The van der Waals surface area contributed by atoms with Crippen molar-refractivity contribution in [2.24, 2.45) is 0 Å². The molecule has 0 bridgehead atoms. The predicted octanol–water partition coefficient (Wildman–Crippen LogP) is 4.36. The van der Waals surface area contributed by atoms with Gasteiger partial charge in [0.15, 0.2) is 0 Å². The highest BCUT2D eigenvalue weighted by Gasteiger charge is 2.18. The molecule has 144 valence electrons. The fourth-order valence-corrected chi connectivity index (χ4v) is 4.67. The minimum Gasteiger partial charge on any atom is -0.506 e. The maximum absolute atomic E-state index is 12.4. The Bertz CT molecular complexity index is 1220. The molecule has 0 aliphatic heterocycles. The number of anilines is 1. The number of pyridine rings is 1. The van der Waals surface area contributed by atoms with Crippen LogP contribution in [0.5, 0.6) is 5.75 Å². The summed E-state index contributed by atoms with van der Waals surface area (Å²) in [5, 5.41) is 13.9. The second kappa shape index (κ2) is 6.96. The van der Waals surface area contributed by atoms with Gasteiger partial charge in [0.2, 0.25) is 0 Å². The predicted molar refractivity (Wildman–Crippen MR) is 118 cm³/mol. The summed E-state index contributed by atoms with van der Waals surface area (Å²) < 4.78 is 0.634. The van der Waals surface area contributed by atoms with E-state index < -0.39 is 0 Å². The van der Waals surface area contributed by atoms with Crippen LogP contribution in [-0.2, 0) is 0 Å². The lowest BCUT2D eigenvalue weighted by Gasteiger charge is -2.18. The van der Waals surface area contributed by atoms with E-state index in [4.69, 9.17) is 5.73 Å². The highest BCUT2D eigenvalue weighted by atomic mass is 32.1. The van der Waals surface area contributed by atoms with Gasteiger partial charge in [-0.1, -0.05) is 31.2 Å². The van der Waals surface area contributed by atoms with E-state index >= 15 is 0 Å². The quantitative estimate of drug-likeness (QED) is 0.450. The van der Waals surface area contributed by atoms with E-state index in [9.17, 15) is 9.90 Å². The van der Waals surface area contributed by atoms with Gasteiger partial charge < -0.3 is 20.7 Å². The highest BCUT2D eigenvalue weighted by Crippen LogP contribution is 2.41. The molecular formula is C22H23N3O2S.